The first-order chi connectivity index (χ1) is 10.1. The van der Waals surface area contributed by atoms with Crippen LogP contribution in [-0.4, -0.2) is 19.9 Å². The lowest BCUT2D eigenvalue weighted by atomic mass is 10.2. The molecule has 0 aliphatic heterocycles. The quantitative estimate of drug-likeness (QED) is 0.681. The number of rotatable bonds is 3. The monoisotopic (exact) mass is 401 g/mol. The summed E-state index contributed by atoms with van der Waals surface area (Å²) in [6, 6.07) is 7.90. The van der Waals surface area contributed by atoms with Crippen LogP contribution in [0.25, 0.3) is 11.3 Å². The smallest absolute Gasteiger partial charge is 0.234 e. The maximum Gasteiger partial charge on any atom is 0.234 e. The van der Waals surface area contributed by atoms with Crippen LogP contribution in [-0.2, 0) is 0 Å². The van der Waals surface area contributed by atoms with E-state index in [4.69, 9.17) is 23.2 Å². The Morgan fingerprint density at radius 3 is 2.29 bits per heavy atom. The summed E-state index contributed by atoms with van der Waals surface area (Å²) in [6.07, 6.45) is 0. The van der Waals surface area contributed by atoms with Crippen molar-refractivity contribution in [1.82, 2.24) is 19.9 Å². The first-order valence-corrected chi connectivity index (χ1v) is 8.08. The first kappa shape index (κ1) is 14.6. The minimum absolute atomic E-state index is 0.0298. The summed E-state index contributed by atoms with van der Waals surface area (Å²) >= 11 is 16.3. The Kier molecular flexibility index (Phi) is 4.34. The zero-order chi connectivity index (χ0) is 14.8. The van der Waals surface area contributed by atoms with Crippen LogP contribution in [0.5, 0.6) is 0 Å². The van der Waals surface area contributed by atoms with E-state index in [9.17, 15) is 0 Å². The average molecular weight is 403 g/mol. The Bertz CT molecular complexity index is 757. The predicted molar refractivity (Wildman–Crippen MR) is 88.4 cm³/mol. The predicted octanol–water partition coefficient (Wildman–Crippen LogP) is 4.81. The molecule has 3 aromatic rings. The van der Waals surface area contributed by atoms with Crippen molar-refractivity contribution >= 4 is 61.5 Å². The number of hydrogen-bond acceptors (Lipinski definition) is 6. The number of thiazole rings is 1. The van der Waals surface area contributed by atoms with Gasteiger partial charge in [0.2, 0.25) is 16.5 Å². The molecular weight excluding hydrogens is 397 g/mol. The van der Waals surface area contributed by atoms with Crippen LogP contribution in [0.3, 0.4) is 0 Å². The Morgan fingerprint density at radius 1 is 0.952 bits per heavy atom. The van der Waals surface area contributed by atoms with E-state index in [1.54, 1.807) is 0 Å². The summed E-state index contributed by atoms with van der Waals surface area (Å²) in [7, 11) is 0. The van der Waals surface area contributed by atoms with Gasteiger partial charge in [-0.15, -0.1) is 11.3 Å². The fourth-order valence-electron chi connectivity index (χ4n) is 1.56. The first-order valence-electron chi connectivity index (χ1n) is 5.66. The van der Waals surface area contributed by atoms with Crippen LogP contribution in [0.4, 0.5) is 11.1 Å². The third-order valence-corrected chi connectivity index (χ3v) is 4.07. The van der Waals surface area contributed by atoms with Crippen molar-refractivity contribution in [3.05, 3.63) is 44.7 Å². The SMILES string of the molecule is Clc1nc(Cl)nc(Nc2nc(-c3ccc(Br)cc3)cs2)n1. The number of benzene rings is 1. The van der Waals surface area contributed by atoms with Gasteiger partial charge in [-0.1, -0.05) is 28.1 Å². The Morgan fingerprint density at radius 2 is 1.62 bits per heavy atom. The molecule has 21 heavy (non-hydrogen) atoms. The minimum Gasteiger partial charge on any atom is -0.300 e. The lowest BCUT2D eigenvalue weighted by Crippen LogP contribution is -1.99. The van der Waals surface area contributed by atoms with Gasteiger partial charge in [-0.25, -0.2) is 4.98 Å². The van der Waals surface area contributed by atoms with Gasteiger partial charge in [0, 0.05) is 15.4 Å². The van der Waals surface area contributed by atoms with Gasteiger partial charge in [0.05, 0.1) is 5.69 Å². The average Bonchev–Trinajstić information content (AvgIpc) is 2.87. The van der Waals surface area contributed by atoms with Crippen molar-refractivity contribution in [2.24, 2.45) is 0 Å². The second-order valence-corrected chi connectivity index (χ2v) is 6.32. The number of hydrogen-bond donors (Lipinski definition) is 1. The van der Waals surface area contributed by atoms with Crippen molar-refractivity contribution in [3.8, 4) is 11.3 Å². The normalized spacial score (nSPS) is 10.6. The highest BCUT2D eigenvalue weighted by Crippen LogP contribution is 2.27. The van der Waals surface area contributed by atoms with Gasteiger partial charge in [-0.3, -0.25) is 5.32 Å². The number of halogens is 3. The third kappa shape index (κ3) is 3.68. The lowest BCUT2D eigenvalue weighted by molar-refractivity contribution is 1.05. The summed E-state index contributed by atoms with van der Waals surface area (Å²) in [6.45, 7) is 0. The van der Waals surface area contributed by atoms with E-state index < -0.39 is 0 Å². The van der Waals surface area contributed by atoms with Crippen molar-refractivity contribution in [1.29, 1.82) is 0 Å². The molecule has 0 saturated carbocycles. The molecule has 2 aromatic heterocycles. The number of aromatic nitrogens is 4. The van der Waals surface area contributed by atoms with Gasteiger partial charge in [-0.05, 0) is 35.3 Å². The van der Waals surface area contributed by atoms with Gasteiger partial charge >= 0.3 is 0 Å². The molecule has 1 N–H and O–H groups in total. The third-order valence-electron chi connectivity index (χ3n) is 2.44. The van der Waals surface area contributed by atoms with E-state index in [-0.39, 0.29) is 16.5 Å². The second kappa shape index (κ2) is 6.23. The molecule has 2 heterocycles. The van der Waals surface area contributed by atoms with E-state index in [2.05, 4.69) is 41.2 Å². The van der Waals surface area contributed by atoms with Crippen LogP contribution < -0.4 is 5.32 Å². The van der Waals surface area contributed by atoms with Crippen LogP contribution in [0.1, 0.15) is 0 Å². The van der Waals surface area contributed by atoms with Crippen LogP contribution in [0.15, 0.2) is 34.1 Å². The number of nitrogens with one attached hydrogen (secondary N) is 1. The van der Waals surface area contributed by atoms with Crippen LogP contribution in [0, 0.1) is 0 Å². The lowest BCUT2D eigenvalue weighted by Gasteiger charge is -2.00. The Hall–Kier alpha value is -1.28. The fraction of sp³-hybridized carbons (Fsp3) is 0. The molecule has 3 rings (SSSR count). The summed E-state index contributed by atoms with van der Waals surface area (Å²) in [5, 5.41) is 5.60. The molecule has 0 aliphatic carbocycles. The molecule has 0 unspecified atom stereocenters. The largest absolute Gasteiger partial charge is 0.300 e. The summed E-state index contributed by atoms with van der Waals surface area (Å²) in [5.74, 6) is 0.261. The van der Waals surface area contributed by atoms with Gasteiger partial charge < -0.3 is 0 Å². The summed E-state index contributed by atoms with van der Waals surface area (Å²) < 4.78 is 1.02. The van der Waals surface area contributed by atoms with E-state index in [1.165, 1.54) is 11.3 Å². The molecule has 1 aromatic carbocycles. The zero-order valence-electron chi connectivity index (χ0n) is 10.2. The van der Waals surface area contributed by atoms with E-state index in [1.807, 2.05) is 29.6 Å². The van der Waals surface area contributed by atoms with Gasteiger partial charge in [0.1, 0.15) is 0 Å². The molecule has 0 fully saturated rings. The maximum atomic E-state index is 5.72. The highest BCUT2D eigenvalue weighted by Gasteiger charge is 2.08. The van der Waals surface area contributed by atoms with Crippen molar-refractivity contribution < 1.29 is 0 Å². The van der Waals surface area contributed by atoms with Gasteiger partial charge in [0.25, 0.3) is 0 Å². The highest BCUT2D eigenvalue weighted by molar-refractivity contribution is 9.10. The van der Waals surface area contributed by atoms with Gasteiger partial charge in [0.15, 0.2) is 5.13 Å². The molecular formula is C12H6BrCl2N5S. The molecule has 0 amide bonds. The standard InChI is InChI=1S/C12H6BrCl2N5S/c13-7-3-1-6(2-4-7)8-5-21-12(16-8)20-11-18-9(14)17-10(15)19-11/h1-5H,(H,16,17,18,19,20). The zero-order valence-corrected chi connectivity index (χ0v) is 14.1. The molecule has 0 spiro atoms. The van der Waals surface area contributed by atoms with Crippen molar-refractivity contribution in [2.75, 3.05) is 5.32 Å². The molecule has 5 nitrogen and oxygen atoms in total. The number of anilines is 2. The molecule has 0 aliphatic rings. The molecule has 0 radical (unpaired) electrons. The fourth-order valence-corrected chi connectivity index (χ4v) is 2.90. The maximum absolute atomic E-state index is 5.72. The Balaban J connectivity index is 1.83. The molecule has 9 heteroatoms. The topological polar surface area (TPSA) is 63.6 Å². The molecule has 106 valence electrons. The Labute approximate surface area is 142 Å². The van der Waals surface area contributed by atoms with Crippen molar-refractivity contribution in [2.45, 2.75) is 0 Å². The van der Waals surface area contributed by atoms with Crippen molar-refractivity contribution in [3.63, 3.8) is 0 Å². The highest BCUT2D eigenvalue weighted by atomic mass is 79.9. The van der Waals surface area contributed by atoms with E-state index in [0.29, 0.717) is 5.13 Å². The molecule has 0 bridgehead atoms. The minimum atomic E-state index is 0.0298. The van der Waals surface area contributed by atoms with Crippen LogP contribution >= 0.6 is 50.5 Å². The van der Waals surface area contributed by atoms with E-state index in [0.717, 1.165) is 15.7 Å². The van der Waals surface area contributed by atoms with E-state index >= 15 is 0 Å². The van der Waals surface area contributed by atoms with Gasteiger partial charge in [-0.2, -0.15) is 15.0 Å². The summed E-state index contributed by atoms with van der Waals surface area (Å²) in [5.41, 5.74) is 1.88. The van der Waals surface area contributed by atoms with Crippen LogP contribution in [0.2, 0.25) is 10.6 Å². The number of nitrogens with zero attached hydrogens (tertiary/aromatic N) is 4. The summed E-state index contributed by atoms with van der Waals surface area (Å²) in [4.78, 5) is 16.0. The molecule has 0 saturated heterocycles. The second-order valence-electron chi connectivity index (χ2n) is 3.87. The molecule has 0 atom stereocenters.